The second kappa shape index (κ2) is 8.35. The summed E-state index contributed by atoms with van der Waals surface area (Å²) in [7, 11) is 0. The number of hydrogen-bond acceptors (Lipinski definition) is 6. The molecule has 0 saturated carbocycles. The molecular formula is C18H4F4N2O4. The first-order valence-corrected chi connectivity index (χ1v) is 7.00. The molecule has 0 amide bonds. The number of esters is 2. The van der Waals surface area contributed by atoms with E-state index in [0.29, 0.717) is 12.1 Å². The molecule has 0 aliphatic heterocycles. The van der Waals surface area contributed by atoms with Crippen LogP contribution in [0.4, 0.5) is 17.6 Å². The van der Waals surface area contributed by atoms with Gasteiger partial charge in [-0.25, -0.2) is 27.2 Å². The average molecular weight is 388 g/mol. The van der Waals surface area contributed by atoms with Gasteiger partial charge in [-0.15, -0.1) is 0 Å². The lowest BCUT2D eigenvalue weighted by Crippen LogP contribution is -2.11. The summed E-state index contributed by atoms with van der Waals surface area (Å²) in [5.41, 5.74) is -1.98. The molecule has 2 rings (SSSR count). The molecule has 0 bridgehead atoms. The zero-order valence-corrected chi connectivity index (χ0v) is 13.3. The van der Waals surface area contributed by atoms with Crippen LogP contribution in [-0.2, 0) is 9.59 Å². The number of rotatable bonds is 2. The average Bonchev–Trinajstić information content (AvgIpc) is 2.65. The SMILES string of the molecule is N#Cc1c(F)ccc(OC(=O)C#CC(=O)Oc2ccc(F)c(C#N)c2F)c1F. The van der Waals surface area contributed by atoms with Gasteiger partial charge in [0.05, 0.1) is 0 Å². The van der Waals surface area contributed by atoms with Crippen LogP contribution in [0.25, 0.3) is 0 Å². The number of benzene rings is 2. The third-order valence-electron chi connectivity index (χ3n) is 3.01. The molecule has 0 N–H and O–H groups in total. The normalized spacial score (nSPS) is 9.36. The Balaban J connectivity index is 2.13. The van der Waals surface area contributed by atoms with E-state index in [1.807, 2.05) is 0 Å². The molecule has 138 valence electrons. The standard InChI is InChI=1S/C18H4F4N2O4/c19-11-1-3-13(17(21)9(11)7-23)27-15(25)5-6-16(26)28-14-4-2-12(20)10(8-24)18(14)22/h1-4H. The van der Waals surface area contributed by atoms with Gasteiger partial charge in [0.25, 0.3) is 0 Å². The molecule has 0 radical (unpaired) electrons. The van der Waals surface area contributed by atoms with Crippen LogP contribution in [0.3, 0.4) is 0 Å². The van der Waals surface area contributed by atoms with E-state index in [4.69, 9.17) is 10.5 Å². The van der Waals surface area contributed by atoms with Gasteiger partial charge >= 0.3 is 11.9 Å². The lowest BCUT2D eigenvalue weighted by atomic mass is 10.2. The fourth-order valence-corrected chi connectivity index (χ4v) is 1.78. The summed E-state index contributed by atoms with van der Waals surface area (Å²) < 4.78 is 62.7. The number of nitriles is 2. The minimum Gasteiger partial charge on any atom is -0.414 e. The highest BCUT2D eigenvalue weighted by Crippen LogP contribution is 2.23. The van der Waals surface area contributed by atoms with E-state index in [1.54, 1.807) is 11.8 Å². The first kappa shape index (κ1) is 20.0. The Morgan fingerprint density at radius 3 is 1.39 bits per heavy atom. The summed E-state index contributed by atoms with van der Waals surface area (Å²) in [6, 6.07) is 5.27. The Kier molecular flexibility index (Phi) is 5.95. The molecule has 2 aromatic rings. The predicted molar refractivity (Wildman–Crippen MR) is 81.2 cm³/mol. The van der Waals surface area contributed by atoms with Crippen molar-refractivity contribution in [1.82, 2.24) is 0 Å². The predicted octanol–water partition coefficient (Wildman–Crippen LogP) is 2.50. The highest BCUT2D eigenvalue weighted by molar-refractivity contribution is 5.99. The number of hydrogen-bond donors (Lipinski definition) is 0. The maximum atomic E-state index is 13.8. The molecule has 0 aromatic heterocycles. The van der Waals surface area contributed by atoms with Gasteiger partial charge in [0, 0.05) is 11.8 Å². The Labute approximate surface area is 154 Å². The summed E-state index contributed by atoms with van der Waals surface area (Å²) in [5.74, 6) is -6.60. The van der Waals surface area contributed by atoms with Crippen molar-refractivity contribution in [3.05, 3.63) is 58.7 Å². The van der Waals surface area contributed by atoms with Crippen LogP contribution >= 0.6 is 0 Å². The first-order valence-electron chi connectivity index (χ1n) is 7.00. The summed E-state index contributed by atoms with van der Waals surface area (Å²) in [6.07, 6.45) is 0. The number of carbonyl (C=O) groups is 2. The van der Waals surface area contributed by atoms with E-state index in [-0.39, 0.29) is 0 Å². The Morgan fingerprint density at radius 1 is 0.714 bits per heavy atom. The van der Waals surface area contributed by atoms with Gasteiger partial charge in [-0.1, -0.05) is 0 Å². The summed E-state index contributed by atoms with van der Waals surface area (Å²) in [5, 5.41) is 17.2. The van der Waals surface area contributed by atoms with Gasteiger partial charge in [0.15, 0.2) is 23.1 Å². The number of nitrogens with zero attached hydrogens (tertiary/aromatic N) is 2. The van der Waals surface area contributed by atoms with Crippen LogP contribution < -0.4 is 9.47 Å². The molecule has 6 nitrogen and oxygen atoms in total. The fraction of sp³-hybridized carbons (Fsp3) is 0. The topological polar surface area (TPSA) is 100 Å². The van der Waals surface area contributed by atoms with Crippen molar-refractivity contribution in [3.8, 4) is 35.5 Å². The molecule has 0 saturated heterocycles. The molecule has 0 aliphatic rings. The molecule has 0 fully saturated rings. The molecular weight excluding hydrogens is 384 g/mol. The molecule has 2 aromatic carbocycles. The first-order chi connectivity index (χ1) is 13.3. The van der Waals surface area contributed by atoms with E-state index in [0.717, 1.165) is 12.1 Å². The van der Waals surface area contributed by atoms with Crippen molar-refractivity contribution < 1.29 is 36.6 Å². The second-order valence-corrected chi connectivity index (χ2v) is 4.72. The maximum absolute atomic E-state index is 13.8. The second-order valence-electron chi connectivity index (χ2n) is 4.72. The van der Waals surface area contributed by atoms with E-state index >= 15 is 0 Å². The van der Waals surface area contributed by atoms with E-state index in [9.17, 15) is 27.2 Å². The molecule has 0 unspecified atom stereocenters. The minimum atomic E-state index is -1.47. The summed E-state index contributed by atoms with van der Waals surface area (Å²) in [4.78, 5) is 23.0. The lowest BCUT2D eigenvalue weighted by molar-refractivity contribution is -0.130. The van der Waals surface area contributed by atoms with Gasteiger partial charge in [0.1, 0.15) is 34.9 Å². The van der Waals surface area contributed by atoms with Crippen LogP contribution in [0, 0.1) is 57.8 Å². The number of carbonyl (C=O) groups excluding carboxylic acids is 2. The monoisotopic (exact) mass is 388 g/mol. The van der Waals surface area contributed by atoms with Crippen LogP contribution in [-0.4, -0.2) is 11.9 Å². The van der Waals surface area contributed by atoms with Crippen molar-refractivity contribution in [1.29, 1.82) is 10.5 Å². The van der Waals surface area contributed by atoms with Gasteiger partial charge in [0.2, 0.25) is 0 Å². The lowest BCUT2D eigenvalue weighted by Gasteiger charge is -2.04. The highest BCUT2D eigenvalue weighted by Gasteiger charge is 2.18. The summed E-state index contributed by atoms with van der Waals surface area (Å²) in [6.45, 7) is 0. The number of halogens is 4. The molecule has 0 atom stereocenters. The smallest absolute Gasteiger partial charge is 0.390 e. The largest absolute Gasteiger partial charge is 0.414 e. The van der Waals surface area contributed by atoms with Crippen LogP contribution in [0.2, 0.25) is 0 Å². The van der Waals surface area contributed by atoms with E-state index in [1.165, 1.54) is 12.1 Å². The van der Waals surface area contributed by atoms with Crippen molar-refractivity contribution in [3.63, 3.8) is 0 Å². The Hall–Kier alpha value is -4.36. The molecule has 0 aliphatic carbocycles. The van der Waals surface area contributed by atoms with Crippen LogP contribution in [0.5, 0.6) is 11.5 Å². The quantitative estimate of drug-likeness (QED) is 0.258. The van der Waals surface area contributed by atoms with Crippen molar-refractivity contribution in [2.45, 2.75) is 0 Å². The van der Waals surface area contributed by atoms with E-state index in [2.05, 4.69) is 9.47 Å². The molecule has 0 spiro atoms. The highest BCUT2D eigenvalue weighted by atomic mass is 19.1. The van der Waals surface area contributed by atoms with Crippen LogP contribution in [0.1, 0.15) is 11.1 Å². The zero-order chi connectivity index (χ0) is 20.8. The van der Waals surface area contributed by atoms with Crippen LogP contribution in [0.15, 0.2) is 24.3 Å². The molecule has 0 heterocycles. The third-order valence-corrected chi connectivity index (χ3v) is 3.01. The Morgan fingerprint density at radius 2 is 1.07 bits per heavy atom. The van der Waals surface area contributed by atoms with Crippen molar-refractivity contribution in [2.24, 2.45) is 0 Å². The zero-order valence-electron chi connectivity index (χ0n) is 13.3. The van der Waals surface area contributed by atoms with Gasteiger partial charge in [-0.3, -0.25) is 0 Å². The summed E-state index contributed by atoms with van der Waals surface area (Å²) >= 11 is 0. The number of ether oxygens (including phenoxy) is 2. The van der Waals surface area contributed by atoms with Gasteiger partial charge in [-0.2, -0.15) is 10.5 Å². The van der Waals surface area contributed by atoms with Crippen molar-refractivity contribution in [2.75, 3.05) is 0 Å². The van der Waals surface area contributed by atoms with Gasteiger partial charge < -0.3 is 9.47 Å². The third kappa shape index (κ3) is 4.24. The Bertz CT molecular complexity index is 1050. The minimum absolute atomic E-state index is 0.677. The fourth-order valence-electron chi connectivity index (χ4n) is 1.78. The van der Waals surface area contributed by atoms with Gasteiger partial charge in [-0.05, 0) is 24.3 Å². The molecule has 28 heavy (non-hydrogen) atoms. The van der Waals surface area contributed by atoms with Crippen molar-refractivity contribution >= 4 is 11.9 Å². The molecule has 10 heteroatoms. The van der Waals surface area contributed by atoms with E-state index < -0.39 is 57.8 Å². The maximum Gasteiger partial charge on any atom is 0.390 e.